The molecule has 0 unspecified atom stereocenters. The average Bonchev–Trinajstić information content (AvgIpc) is 2.23. The fraction of sp³-hybridized carbons (Fsp3) is 0.284. The van der Waals surface area contributed by atoms with E-state index in [4.69, 9.17) is 31.3 Å². The number of hydrogen-bond donors (Lipinski definition) is 2. The summed E-state index contributed by atoms with van der Waals surface area (Å²) in [4.78, 5) is 40.9. The first-order valence-electron chi connectivity index (χ1n) is 29.7. The number of carbonyl (C=O) groups is 3. The predicted octanol–water partition coefficient (Wildman–Crippen LogP) is 13.8. The quantitative estimate of drug-likeness (QED) is 0.0380. The minimum Gasteiger partial charge on any atom is -0.488 e. The maximum atomic E-state index is 12.0. The number of nitrogens with one attached hydrogen (secondary N) is 1. The van der Waals surface area contributed by atoms with Crippen LogP contribution in [-0.4, -0.2) is 68.2 Å². The fourth-order valence-electron chi connectivity index (χ4n) is 11.0. The summed E-state index contributed by atoms with van der Waals surface area (Å²) in [5.74, 6) is 3.09. The van der Waals surface area contributed by atoms with E-state index in [0.29, 0.717) is 75.1 Å². The lowest BCUT2D eigenvalue weighted by Gasteiger charge is -2.21. The average molecular weight is 1160 g/mol. The maximum absolute atomic E-state index is 12.0. The Bertz CT molecular complexity index is 3760. The number of likely N-dealkylation sites (N-methyl/N-ethyl adjacent to an activating group) is 2. The number of aldehydes is 1. The monoisotopic (exact) mass is 1160 g/mol. The Labute approximate surface area is 513 Å². The summed E-state index contributed by atoms with van der Waals surface area (Å²) in [7, 11) is 3.55. The molecule has 0 spiro atoms. The van der Waals surface area contributed by atoms with E-state index >= 15 is 0 Å². The first-order valence-corrected chi connectivity index (χ1v) is 29.7. The number of fused-ring (bicyclic) bond motifs is 2. The summed E-state index contributed by atoms with van der Waals surface area (Å²) in [5.41, 5.74) is 24.1. The van der Waals surface area contributed by atoms with Crippen molar-refractivity contribution in [3.8, 4) is 51.3 Å². The fourth-order valence-corrected chi connectivity index (χ4v) is 11.0. The van der Waals surface area contributed by atoms with E-state index in [1.165, 1.54) is 51.4 Å². The number of rotatable bonds is 22. The lowest BCUT2D eigenvalue weighted by molar-refractivity contribution is -0.128. The zero-order valence-corrected chi connectivity index (χ0v) is 50.9. The van der Waals surface area contributed by atoms with Gasteiger partial charge in [-0.05, 0) is 148 Å². The number of nitriles is 1. The number of hydrogen-bond acceptors (Lipinski definition) is 10. The molecule has 13 heteroatoms. The Balaban J connectivity index is 0.000000203. The zero-order chi connectivity index (χ0) is 61.7. The number of amides is 2. The van der Waals surface area contributed by atoms with Gasteiger partial charge in [0.2, 0.25) is 11.8 Å². The van der Waals surface area contributed by atoms with Gasteiger partial charge in [-0.15, -0.1) is 0 Å². The Morgan fingerprint density at radius 2 is 1.09 bits per heavy atom. The molecule has 0 radical (unpaired) electrons. The highest BCUT2D eigenvalue weighted by atomic mass is 16.5. The molecule has 0 heterocycles. The normalized spacial score (nSPS) is 11.7. The van der Waals surface area contributed by atoms with Crippen LogP contribution >= 0.6 is 0 Å². The molecule has 0 saturated heterocycles. The minimum atomic E-state index is 0.0531. The van der Waals surface area contributed by atoms with Gasteiger partial charge in [-0.2, -0.15) is 5.26 Å². The number of carbonyl (C=O) groups excluding carboxylic acids is 3. The van der Waals surface area contributed by atoms with Crippen molar-refractivity contribution in [2.45, 2.75) is 99.2 Å². The van der Waals surface area contributed by atoms with Gasteiger partial charge in [-0.3, -0.25) is 14.4 Å². The van der Waals surface area contributed by atoms with Gasteiger partial charge in [0.05, 0.1) is 23.8 Å². The van der Waals surface area contributed by atoms with Gasteiger partial charge in [-0.25, -0.2) is 4.85 Å². The summed E-state index contributed by atoms with van der Waals surface area (Å²) >= 11 is 0. The second-order valence-corrected chi connectivity index (χ2v) is 21.9. The summed E-state index contributed by atoms with van der Waals surface area (Å²) in [6, 6.07) is 54.5. The molecule has 2 aliphatic rings. The molecule has 0 fully saturated rings. The van der Waals surface area contributed by atoms with Crippen LogP contribution in [0.1, 0.15) is 104 Å². The molecule has 0 saturated carbocycles. The van der Waals surface area contributed by atoms with Crippen molar-refractivity contribution in [2.75, 3.05) is 40.3 Å². The summed E-state index contributed by atoms with van der Waals surface area (Å²) in [6.07, 6.45) is 6.63. The maximum Gasteiger partial charge on any atom is 0.219 e. The van der Waals surface area contributed by atoms with Gasteiger partial charge >= 0.3 is 0 Å². The predicted molar refractivity (Wildman–Crippen MR) is 344 cm³/mol. The van der Waals surface area contributed by atoms with E-state index < -0.39 is 0 Å². The van der Waals surface area contributed by atoms with Crippen LogP contribution in [0.4, 0.5) is 5.69 Å². The highest BCUT2D eigenvalue weighted by molar-refractivity contribution is 5.84. The van der Waals surface area contributed by atoms with Crippen molar-refractivity contribution >= 4 is 23.8 Å². The van der Waals surface area contributed by atoms with E-state index in [-0.39, 0.29) is 18.4 Å². The SMILES string of the molecule is CC(=O)N(C)CCN.CC(=O)N(C)CCNCc1c(OCc2cccc(C#N)c2)cc(OCc2cccc(-c3ccccc3)c2C)c2c1CCC2.[C-]#[N+]c1cccc(COc2cc(OCc3cccc(-c4ccccc4)c3C)c3c(c2C=O)CCC3)c1. The van der Waals surface area contributed by atoms with E-state index in [1.807, 2.05) is 61.6 Å². The summed E-state index contributed by atoms with van der Waals surface area (Å²) in [6.45, 7) is 19.3. The molecule has 2 aliphatic carbocycles. The van der Waals surface area contributed by atoms with Crippen LogP contribution in [0, 0.1) is 31.8 Å². The van der Waals surface area contributed by atoms with Crippen LogP contribution in [0.2, 0.25) is 0 Å². The molecular formula is C74H78N6O7. The number of ether oxygens (including phenoxy) is 4. The van der Waals surface area contributed by atoms with Crippen LogP contribution in [-0.2, 0) is 68.2 Å². The smallest absolute Gasteiger partial charge is 0.219 e. The summed E-state index contributed by atoms with van der Waals surface area (Å²) < 4.78 is 25.6. The van der Waals surface area contributed by atoms with E-state index in [1.54, 1.807) is 42.0 Å². The first-order chi connectivity index (χ1) is 42.3. The van der Waals surface area contributed by atoms with Crippen LogP contribution in [0.3, 0.4) is 0 Å². The largest absolute Gasteiger partial charge is 0.488 e. The zero-order valence-electron chi connectivity index (χ0n) is 50.9. The van der Waals surface area contributed by atoms with E-state index in [9.17, 15) is 19.6 Å². The van der Waals surface area contributed by atoms with Crippen molar-refractivity contribution in [1.29, 1.82) is 5.26 Å². The van der Waals surface area contributed by atoms with Crippen LogP contribution in [0.5, 0.6) is 23.0 Å². The second kappa shape index (κ2) is 31.6. The van der Waals surface area contributed by atoms with Crippen LogP contribution in [0.25, 0.3) is 27.1 Å². The third-order valence-corrected chi connectivity index (χ3v) is 16.1. The number of nitrogens with zero attached hydrogens (tertiary/aromatic N) is 4. The van der Waals surface area contributed by atoms with Gasteiger partial charge in [0.1, 0.15) is 49.4 Å². The highest BCUT2D eigenvalue weighted by Crippen LogP contribution is 2.42. The number of nitrogens with two attached hydrogens (primary N) is 1. The van der Waals surface area contributed by atoms with Gasteiger partial charge in [-0.1, -0.05) is 127 Å². The molecule has 3 N–H and O–H groups in total. The van der Waals surface area contributed by atoms with Gasteiger partial charge in [0, 0.05) is 78.4 Å². The van der Waals surface area contributed by atoms with Crippen molar-refractivity contribution in [3.63, 3.8) is 0 Å². The van der Waals surface area contributed by atoms with Crippen LogP contribution in [0.15, 0.2) is 158 Å². The first kappa shape index (κ1) is 63.5. The molecule has 2 amide bonds. The molecule has 0 aliphatic heterocycles. The van der Waals surface area contributed by atoms with Gasteiger partial charge in [0.25, 0.3) is 0 Å². The molecule has 0 atom stereocenters. The molecule has 8 aromatic rings. The van der Waals surface area contributed by atoms with Gasteiger partial charge < -0.3 is 39.8 Å². The minimum absolute atomic E-state index is 0.0531. The lowest BCUT2D eigenvalue weighted by atomic mass is 9.97. The molecule has 10 rings (SSSR count). The molecule has 0 aromatic heterocycles. The molecule has 446 valence electrons. The lowest BCUT2D eigenvalue weighted by Crippen LogP contribution is -2.32. The topological polar surface area (TPSA) is 161 Å². The van der Waals surface area contributed by atoms with Crippen molar-refractivity contribution in [2.24, 2.45) is 5.73 Å². The summed E-state index contributed by atoms with van der Waals surface area (Å²) in [5, 5.41) is 12.9. The van der Waals surface area contributed by atoms with Crippen molar-refractivity contribution < 1.29 is 33.3 Å². The highest BCUT2D eigenvalue weighted by Gasteiger charge is 2.26. The van der Waals surface area contributed by atoms with Crippen molar-refractivity contribution in [3.05, 3.63) is 241 Å². The molecule has 13 nitrogen and oxygen atoms in total. The molecule has 87 heavy (non-hydrogen) atoms. The molecule has 8 aromatic carbocycles. The third kappa shape index (κ3) is 16.9. The Morgan fingerprint density at radius 1 is 0.598 bits per heavy atom. The molecular weight excluding hydrogens is 1080 g/mol. The van der Waals surface area contributed by atoms with Gasteiger partial charge in [0.15, 0.2) is 12.0 Å². The Kier molecular flexibility index (Phi) is 23.0. The standard InChI is InChI=1S/C37H39N3O3.C32H27NO3.C5H12N2O/c1-26-31(14-8-15-32(26)30-12-5-4-6-13-30)25-43-36-21-37(42-24-29-11-7-10-28(20-29)22-38)35(33-16-9-17-34(33)36)23-39-18-19-40(3)27(2)41;1-22-25(12-7-14-27(22)24-10-4-3-5-11-24)21-36-31-18-32(30(19-34)28-15-8-16-29(28)31)35-20-23-9-6-13-26(17-23)33-2;1-5(8)7(2)4-3-6/h4-8,10-15,20-21,39H,9,16-19,23-25H2,1-3H3;3-7,9-14,17-19H,8,15-16,20-21H2,1H3;3-4,6H2,1-2H3. The van der Waals surface area contributed by atoms with E-state index in [2.05, 4.69) is 115 Å². The molecule has 0 bridgehead atoms. The Hall–Kier alpha value is -9.53. The van der Waals surface area contributed by atoms with Crippen LogP contribution < -0.4 is 30.0 Å². The second-order valence-electron chi connectivity index (χ2n) is 21.9. The Morgan fingerprint density at radius 3 is 1.63 bits per heavy atom. The van der Waals surface area contributed by atoms with Crippen molar-refractivity contribution in [1.82, 2.24) is 15.1 Å². The number of benzene rings is 8. The third-order valence-electron chi connectivity index (χ3n) is 16.1. The van der Waals surface area contributed by atoms with E-state index in [0.717, 1.165) is 101 Å².